The van der Waals surface area contributed by atoms with E-state index in [0.717, 1.165) is 6.07 Å². The number of halogens is 2. The molecule has 0 fully saturated rings. The summed E-state index contributed by atoms with van der Waals surface area (Å²) in [5.41, 5.74) is -0.831. The first kappa shape index (κ1) is 19.1. The number of carbonyl (C=O) groups is 3. The Morgan fingerprint density at radius 2 is 1.87 bits per heavy atom. The third-order valence-electron chi connectivity index (χ3n) is 2.53. The van der Waals surface area contributed by atoms with E-state index in [-0.39, 0.29) is 5.56 Å². The molecule has 1 aromatic carbocycles. The summed E-state index contributed by atoms with van der Waals surface area (Å²) in [4.78, 5) is 35.3. The largest absolute Gasteiger partial charge is 0.449 e. The maximum atomic E-state index is 13.6. The van der Waals surface area contributed by atoms with Crippen LogP contribution in [0.3, 0.4) is 0 Å². The van der Waals surface area contributed by atoms with Gasteiger partial charge in [0, 0.05) is 10.0 Å². The molecule has 0 aliphatic carbocycles. The maximum Gasteiger partial charge on any atom is 0.341 e. The number of hydrogen-bond acceptors (Lipinski definition) is 4. The summed E-state index contributed by atoms with van der Waals surface area (Å²) in [5, 5.41) is 4.58. The number of esters is 1. The zero-order valence-corrected chi connectivity index (χ0v) is 14.8. The third-order valence-corrected chi connectivity index (χ3v) is 3.02. The number of hydrogen-bond donors (Lipinski definition) is 2. The number of imide groups is 1. The lowest BCUT2D eigenvalue weighted by atomic mass is 10.1. The van der Waals surface area contributed by atoms with Crippen LogP contribution in [0.25, 0.3) is 0 Å². The average Bonchev–Trinajstić information content (AvgIpc) is 2.38. The number of benzene rings is 1. The van der Waals surface area contributed by atoms with Gasteiger partial charge >= 0.3 is 12.0 Å². The van der Waals surface area contributed by atoms with Gasteiger partial charge in [0.15, 0.2) is 6.10 Å². The molecule has 0 saturated heterocycles. The van der Waals surface area contributed by atoms with Crippen LogP contribution in [-0.2, 0) is 9.53 Å². The minimum absolute atomic E-state index is 0.307. The highest BCUT2D eigenvalue weighted by atomic mass is 79.9. The number of carbonyl (C=O) groups excluding carboxylic acids is 3. The second-order valence-electron chi connectivity index (χ2n) is 5.87. The Morgan fingerprint density at radius 3 is 2.43 bits per heavy atom. The number of rotatable bonds is 3. The fraction of sp³-hybridized carbons (Fsp3) is 0.400. The summed E-state index contributed by atoms with van der Waals surface area (Å²) in [6.07, 6.45) is -1.26. The highest BCUT2D eigenvalue weighted by Crippen LogP contribution is 2.17. The summed E-state index contributed by atoms with van der Waals surface area (Å²) in [6.45, 7) is 6.52. The standard InChI is InChI=1S/C15H18BrFN2O4/c1-8(12(20)18-14(22)19-15(2,3)4)23-13(21)10-7-9(16)5-6-11(10)17/h5-8H,1-4H3,(H2,18,19,20,22)/t8-/m1/s1. The Morgan fingerprint density at radius 1 is 1.26 bits per heavy atom. The number of amides is 3. The number of urea groups is 1. The molecule has 0 unspecified atom stereocenters. The quantitative estimate of drug-likeness (QED) is 0.779. The molecule has 1 aromatic rings. The van der Waals surface area contributed by atoms with Gasteiger partial charge < -0.3 is 10.1 Å². The summed E-state index contributed by atoms with van der Waals surface area (Å²) in [5.74, 6) is -2.57. The van der Waals surface area contributed by atoms with Crippen LogP contribution in [0, 0.1) is 5.82 Å². The molecule has 2 N–H and O–H groups in total. The van der Waals surface area contributed by atoms with E-state index in [9.17, 15) is 18.8 Å². The van der Waals surface area contributed by atoms with Crippen molar-refractivity contribution in [2.75, 3.05) is 0 Å². The average molecular weight is 389 g/mol. The van der Waals surface area contributed by atoms with Crippen molar-refractivity contribution in [3.63, 3.8) is 0 Å². The molecule has 23 heavy (non-hydrogen) atoms. The van der Waals surface area contributed by atoms with Crippen molar-refractivity contribution >= 4 is 33.8 Å². The monoisotopic (exact) mass is 388 g/mol. The number of ether oxygens (including phenoxy) is 1. The molecular weight excluding hydrogens is 371 g/mol. The van der Waals surface area contributed by atoms with Crippen molar-refractivity contribution in [1.29, 1.82) is 0 Å². The molecule has 8 heteroatoms. The van der Waals surface area contributed by atoms with Crippen molar-refractivity contribution in [2.45, 2.75) is 39.3 Å². The van der Waals surface area contributed by atoms with Gasteiger partial charge in [0.2, 0.25) is 0 Å². The van der Waals surface area contributed by atoms with Gasteiger partial charge in [-0.15, -0.1) is 0 Å². The fourth-order valence-corrected chi connectivity index (χ4v) is 1.88. The Balaban J connectivity index is 2.66. The van der Waals surface area contributed by atoms with E-state index in [1.807, 2.05) is 5.32 Å². The maximum absolute atomic E-state index is 13.6. The SMILES string of the molecule is C[C@@H](OC(=O)c1cc(Br)ccc1F)C(=O)NC(=O)NC(C)(C)C. The molecule has 0 aliphatic rings. The molecule has 1 rings (SSSR count). The molecule has 0 aliphatic heterocycles. The van der Waals surface area contributed by atoms with Gasteiger partial charge in [0.25, 0.3) is 5.91 Å². The molecular formula is C15H18BrFN2O4. The van der Waals surface area contributed by atoms with Crippen LogP contribution in [-0.4, -0.2) is 29.6 Å². The van der Waals surface area contributed by atoms with E-state index in [1.54, 1.807) is 20.8 Å². The Labute approximate surface area is 141 Å². The predicted molar refractivity (Wildman–Crippen MR) is 85.4 cm³/mol. The smallest absolute Gasteiger partial charge is 0.341 e. The van der Waals surface area contributed by atoms with Gasteiger partial charge in [0.1, 0.15) is 5.82 Å². The molecule has 0 heterocycles. The number of nitrogens with one attached hydrogen (secondary N) is 2. The lowest BCUT2D eigenvalue weighted by molar-refractivity contribution is -0.127. The lowest BCUT2D eigenvalue weighted by Gasteiger charge is -2.21. The molecule has 0 spiro atoms. The van der Waals surface area contributed by atoms with Gasteiger partial charge in [-0.25, -0.2) is 14.0 Å². The van der Waals surface area contributed by atoms with Gasteiger partial charge in [-0.3, -0.25) is 10.1 Å². The molecule has 0 bridgehead atoms. The van der Waals surface area contributed by atoms with Crippen LogP contribution in [0.15, 0.2) is 22.7 Å². The molecule has 6 nitrogen and oxygen atoms in total. The summed E-state index contributed by atoms with van der Waals surface area (Å²) < 4.78 is 18.9. The van der Waals surface area contributed by atoms with E-state index in [2.05, 4.69) is 21.2 Å². The minimum Gasteiger partial charge on any atom is -0.449 e. The predicted octanol–water partition coefficient (Wildman–Crippen LogP) is 2.76. The summed E-state index contributed by atoms with van der Waals surface area (Å²) in [6, 6.07) is 3.06. The minimum atomic E-state index is -1.26. The third kappa shape index (κ3) is 6.35. The first-order chi connectivity index (χ1) is 10.5. The molecule has 0 aromatic heterocycles. The highest BCUT2D eigenvalue weighted by Gasteiger charge is 2.24. The van der Waals surface area contributed by atoms with Crippen LogP contribution in [0.5, 0.6) is 0 Å². The van der Waals surface area contributed by atoms with Crippen LogP contribution >= 0.6 is 15.9 Å². The Kier molecular flexibility index (Phi) is 6.26. The summed E-state index contributed by atoms with van der Waals surface area (Å²) in [7, 11) is 0. The van der Waals surface area contributed by atoms with Crippen LogP contribution < -0.4 is 10.6 Å². The first-order valence-corrected chi connectivity index (χ1v) is 7.58. The second kappa shape index (κ2) is 7.54. The van der Waals surface area contributed by atoms with Crippen LogP contribution in [0.2, 0.25) is 0 Å². The zero-order chi connectivity index (χ0) is 17.8. The van der Waals surface area contributed by atoms with Gasteiger partial charge in [-0.05, 0) is 45.9 Å². The first-order valence-electron chi connectivity index (χ1n) is 6.78. The molecule has 0 radical (unpaired) electrons. The second-order valence-corrected chi connectivity index (χ2v) is 6.78. The van der Waals surface area contributed by atoms with Crippen molar-refractivity contribution in [3.8, 4) is 0 Å². The van der Waals surface area contributed by atoms with Crippen LogP contribution in [0.4, 0.5) is 9.18 Å². The molecule has 1 atom stereocenters. The van der Waals surface area contributed by atoms with Gasteiger partial charge in [-0.2, -0.15) is 0 Å². The van der Waals surface area contributed by atoms with E-state index >= 15 is 0 Å². The topological polar surface area (TPSA) is 84.5 Å². The molecule has 3 amide bonds. The van der Waals surface area contributed by atoms with Crippen molar-refractivity contribution in [1.82, 2.24) is 10.6 Å². The lowest BCUT2D eigenvalue weighted by Crippen LogP contribution is -2.50. The van der Waals surface area contributed by atoms with Crippen LogP contribution in [0.1, 0.15) is 38.1 Å². The van der Waals surface area contributed by atoms with Crippen molar-refractivity contribution in [2.24, 2.45) is 0 Å². The van der Waals surface area contributed by atoms with E-state index in [1.165, 1.54) is 19.1 Å². The Bertz CT molecular complexity index is 628. The Hall–Kier alpha value is -1.96. The van der Waals surface area contributed by atoms with E-state index < -0.39 is 35.4 Å². The van der Waals surface area contributed by atoms with Gasteiger partial charge in [0.05, 0.1) is 5.56 Å². The normalized spacial score (nSPS) is 12.3. The van der Waals surface area contributed by atoms with E-state index in [4.69, 9.17) is 4.74 Å². The molecule has 126 valence electrons. The van der Waals surface area contributed by atoms with Crippen molar-refractivity contribution < 1.29 is 23.5 Å². The fourth-order valence-electron chi connectivity index (χ4n) is 1.52. The highest BCUT2D eigenvalue weighted by molar-refractivity contribution is 9.10. The van der Waals surface area contributed by atoms with E-state index in [0.29, 0.717) is 4.47 Å². The van der Waals surface area contributed by atoms with Crippen molar-refractivity contribution in [3.05, 3.63) is 34.1 Å². The zero-order valence-electron chi connectivity index (χ0n) is 13.2. The van der Waals surface area contributed by atoms with Gasteiger partial charge in [-0.1, -0.05) is 15.9 Å². The molecule has 0 saturated carbocycles. The summed E-state index contributed by atoms with van der Waals surface area (Å²) >= 11 is 3.11.